The molecule has 0 aliphatic carbocycles. The molecule has 1 aliphatic heterocycles. The molecule has 2 atom stereocenters. The van der Waals surface area contributed by atoms with Crippen molar-refractivity contribution in [2.24, 2.45) is 5.92 Å². The van der Waals surface area contributed by atoms with E-state index in [9.17, 15) is 18.3 Å². The van der Waals surface area contributed by atoms with Crippen LogP contribution in [0.3, 0.4) is 0 Å². The van der Waals surface area contributed by atoms with E-state index in [2.05, 4.69) is 4.72 Å². The fraction of sp³-hybridized carbons (Fsp3) is 0.533. The molecule has 0 amide bonds. The van der Waals surface area contributed by atoms with Gasteiger partial charge in [0.2, 0.25) is 10.0 Å². The highest BCUT2D eigenvalue weighted by molar-refractivity contribution is 7.89. The molecule has 1 aromatic carbocycles. The summed E-state index contributed by atoms with van der Waals surface area (Å²) in [5.74, 6) is -0.687. The van der Waals surface area contributed by atoms with Gasteiger partial charge in [-0.3, -0.25) is 4.79 Å². The molecule has 0 saturated heterocycles. The van der Waals surface area contributed by atoms with Gasteiger partial charge in [0.15, 0.2) is 11.5 Å². The summed E-state index contributed by atoms with van der Waals surface area (Å²) in [4.78, 5) is 11.3. The zero-order valence-electron chi connectivity index (χ0n) is 13.1. The van der Waals surface area contributed by atoms with Gasteiger partial charge in [0.1, 0.15) is 19.3 Å². The Balaban J connectivity index is 2.24. The van der Waals surface area contributed by atoms with Crippen LogP contribution in [-0.2, 0) is 14.8 Å². The van der Waals surface area contributed by atoms with Crippen LogP contribution >= 0.6 is 0 Å². The molecular weight excluding hydrogens is 322 g/mol. The Labute approximate surface area is 135 Å². The van der Waals surface area contributed by atoms with Gasteiger partial charge in [-0.05, 0) is 24.5 Å². The van der Waals surface area contributed by atoms with E-state index >= 15 is 0 Å². The first kappa shape index (κ1) is 17.6. The van der Waals surface area contributed by atoms with E-state index < -0.39 is 22.0 Å². The maximum absolute atomic E-state index is 12.5. The van der Waals surface area contributed by atoms with Crippen molar-refractivity contribution in [1.29, 1.82) is 0 Å². The van der Waals surface area contributed by atoms with Crippen LogP contribution in [0.25, 0.3) is 0 Å². The first-order chi connectivity index (χ1) is 10.8. The van der Waals surface area contributed by atoms with E-state index in [-0.39, 0.29) is 10.8 Å². The maximum Gasteiger partial charge on any atom is 0.322 e. The molecule has 0 fully saturated rings. The summed E-state index contributed by atoms with van der Waals surface area (Å²) < 4.78 is 37.9. The first-order valence-electron chi connectivity index (χ1n) is 7.50. The minimum absolute atomic E-state index is 0.0447. The van der Waals surface area contributed by atoms with Gasteiger partial charge < -0.3 is 14.6 Å². The average Bonchev–Trinajstić information content (AvgIpc) is 2.52. The van der Waals surface area contributed by atoms with Crippen molar-refractivity contribution in [2.45, 2.75) is 37.6 Å². The van der Waals surface area contributed by atoms with Crippen LogP contribution in [0.15, 0.2) is 23.1 Å². The quantitative estimate of drug-likeness (QED) is 0.780. The maximum atomic E-state index is 12.5. The molecule has 2 unspecified atom stereocenters. The number of carboxylic acids is 1. The second-order valence-corrected chi connectivity index (χ2v) is 7.22. The average molecular weight is 343 g/mol. The van der Waals surface area contributed by atoms with E-state index in [1.54, 1.807) is 6.92 Å². The molecule has 0 saturated carbocycles. The Morgan fingerprint density at radius 3 is 2.57 bits per heavy atom. The normalized spacial score (nSPS) is 16.6. The standard InChI is InChI=1S/C15H21NO6S/c1-3-4-10(2)14(15(17)18)16-23(19,20)11-5-6-12-13(9-11)22-8-7-21-12/h5-6,9-10,14,16H,3-4,7-8H2,1-2H3,(H,17,18). The lowest BCUT2D eigenvalue weighted by molar-refractivity contribution is -0.140. The monoisotopic (exact) mass is 343 g/mol. The lowest BCUT2D eigenvalue weighted by Gasteiger charge is -2.22. The molecule has 23 heavy (non-hydrogen) atoms. The molecule has 128 valence electrons. The first-order valence-corrected chi connectivity index (χ1v) is 8.98. The van der Waals surface area contributed by atoms with Gasteiger partial charge in [-0.15, -0.1) is 0 Å². The SMILES string of the molecule is CCCC(C)C(NS(=O)(=O)c1ccc2c(c1)OCCO2)C(=O)O. The number of ether oxygens (including phenoxy) is 2. The number of carbonyl (C=O) groups is 1. The molecule has 2 N–H and O–H groups in total. The smallest absolute Gasteiger partial charge is 0.322 e. The highest BCUT2D eigenvalue weighted by Crippen LogP contribution is 2.32. The predicted octanol–water partition coefficient (Wildman–Crippen LogP) is 1.63. The van der Waals surface area contributed by atoms with Crippen molar-refractivity contribution in [3.05, 3.63) is 18.2 Å². The van der Waals surface area contributed by atoms with Crippen LogP contribution in [0.4, 0.5) is 0 Å². The van der Waals surface area contributed by atoms with Crippen LogP contribution in [0.5, 0.6) is 11.5 Å². The Hall–Kier alpha value is -1.80. The van der Waals surface area contributed by atoms with E-state index in [0.717, 1.165) is 6.42 Å². The Bertz CT molecular complexity index is 673. The van der Waals surface area contributed by atoms with E-state index in [1.807, 2.05) is 6.92 Å². The van der Waals surface area contributed by atoms with Crippen LogP contribution in [0.2, 0.25) is 0 Å². The molecule has 0 bridgehead atoms. The van der Waals surface area contributed by atoms with Crippen LogP contribution in [-0.4, -0.2) is 38.7 Å². The third-order valence-corrected chi connectivity index (χ3v) is 5.12. The number of hydrogen-bond acceptors (Lipinski definition) is 5. The van der Waals surface area contributed by atoms with Gasteiger partial charge in [-0.2, -0.15) is 4.72 Å². The molecule has 1 aromatic rings. The Kier molecular flexibility index (Phi) is 5.48. The molecule has 1 heterocycles. The Morgan fingerprint density at radius 2 is 1.96 bits per heavy atom. The third kappa shape index (κ3) is 4.14. The number of sulfonamides is 1. The van der Waals surface area contributed by atoms with Gasteiger partial charge in [0, 0.05) is 6.07 Å². The van der Waals surface area contributed by atoms with Crippen molar-refractivity contribution < 1.29 is 27.8 Å². The Morgan fingerprint density at radius 1 is 1.30 bits per heavy atom. The molecule has 2 rings (SSSR count). The van der Waals surface area contributed by atoms with Crippen molar-refractivity contribution in [3.63, 3.8) is 0 Å². The van der Waals surface area contributed by atoms with Gasteiger partial charge in [-0.1, -0.05) is 20.3 Å². The van der Waals surface area contributed by atoms with Crippen molar-refractivity contribution in [3.8, 4) is 11.5 Å². The van der Waals surface area contributed by atoms with Crippen LogP contribution < -0.4 is 14.2 Å². The fourth-order valence-corrected chi connectivity index (χ4v) is 3.77. The van der Waals surface area contributed by atoms with Crippen LogP contribution in [0, 0.1) is 5.92 Å². The number of rotatable bonds is 7. The number of aliphatic carboxylic acids is 1. The molecule has 0 radical (unpaired) electrons. The molecular formula is C15H21NO6S. The van der Waals surface area contributed by atoms with Crippen molar-refractivity contribution in [2.75, 3.05) is 13.2 Å². The van der Waals surface area contributed by atoms with Crippen molar-refractivity contribution in [1.82, 2.24) is 4.72 Å². The summed E-state index contributed by atoms with van der Waals surface area (Å²) in [6.07, 6.45) is 1.39. The summed E-state index contributed by atoms with van der Waals surface area (Å²) in [6, 6.07) is 3.06. The molecule has 1 aliphatic rings. The summed E-state index contributed by atoms with van der Waals surface area (Å²) in [5.41, 5.74) is 0. The zero-order chi connectivity index (χ0) is 17.0. The summed E-state index contributed by atoms with van der Waals surface area (Å²) in [7, 11) is -3.97. The minimum atomic E-state index is -3.97. The largest absolute Gasteiger partial charge is 0.486 e. The number of carboxylic acid groups (broad SMARTS) is 1. The van der Waals surface area contributed by atoms with Gasteiger partial charge >= 0.3 is 5.97 Å². The van der Waals surface area contributed by atoms with Crippen LogP contribution in [0.1, 0.15) is 26.7 Å². The molecule has 7 nitrogen and oxygen atoms in total. The topological polar surface area (TPSA) is 102 Å². The molecule has 0 spiro atoms. The summed E-state index contributed by atoms with van der Waals surface area (Å²) >= 11 is 0. The van der Waals surface area contributed by atoms with Gasteiger partial charge in [0.05, 0.1) is 4.90 Å². The summed E-state index contributed by atoms with van der Waals surface area (Å²) in [5, 5.41) is 9.30. The predicted molar refractivity (Wildman–Crippen MR) is 83.2 cm³/mol. The highest BCUT2D eigenvalue weighted by Gasteiger charge is 2.30. The van der Waals surface area contributed by atoms with E-state index in [1.165, 1.54) is 18.2 Å². The fourth-order valence-electron chi connectivity index (χ4n) is 2.46. The van der Waals surface area contributed by atoms with Gasteiger partial charge in [-0.25, -0.2) is 8.42 Å². The number of fused-ring (bicyclic) bond motifs is 1. The van der Waals surface area contributed by atoms with Crippen molar-refractivity contribution >= 4 is 16.0 Å². The molecule has 0 aromatic heterocycles. The zero-order valence-corrected chi connectivity index (χ0v) is 13.9. The minimum Gasteiger partial charge on any atom is -0.486 e. The second kappa shape index (κ2) is 7.18. The number of nitrogens with one attached hydrogen (secondary N) is 1. The second-order valence-electron chi connectivity index (χ2n) is 5.51. The molecule has 8 heteroatoms. The highest BCUT2D eigenvalue weighted by atomic mass is 32.2. The lowest BCUT2D eigenvalue weighted by atomic mass is 9.98. The van der Waals surface area contributed by atoms with E-state index in [0.29, 0.717) is 31.1 Å². The lowest BCUT2D eigenvalue weighted by Crippen LogP contribution is -2.45. The third-order valence-electron chi connectivity index (χ3n) is 3.69. The summed E-state index contributed by atoms with van der Waals surface area (Å²) in [6.45, 7) is 4.39. The van der Waals surface area contributed by atoms with Gasteiger partial charge in [0.25, 0.3) is 0 Å². The van der Waals surface area contributed by atoms with E-state index in [4.69, 9.17) is 9.47 Å². The number of benzene rings is 1. The number of hydrogen-bond donors (Lipinski definition) is 2.